The van der Waals surface area contributed by atoms with E-state index in [1.54, 1.807) is 13.4 Å². The fraction of sp³-hybridized carbons (Fsp3) is 0.333. The zero-order chi connectivity index (χ0) is 12.3. The summed E-state index contributed by atoms with van der Waals surface area (Å²) in [5, 5.41) is 8.09. The summed E-state index contributed by atoms with van der Waals surface area (Å²) in [4.78, 5) is 0. The predicted molar refractivity (Wildman–Crippen MR) is 69.8 cm³/mol. The molecule has 0 amide bonds. The van der Waals surface area contributed by atoms with Crippen LogP contribution in [0.25, 0.3) is 11.4 Å². The highest BCUT2D eigenvalue weighted by atomic mass is 79.9. The zero-order valence-corrected chi connectivity index (χ0v) is 11.4. The van der Waals surface area contributed by atoms with E-state index in [2.05, 4.69) is 45.2 Å². The van der Waals surface area contributed by atoms with Crippen LogP contribution in [0, 0.1) is 6.92 Å². The standard InChI is InChI=1S/C12H14BrN3O/c1-9-3-4-10(7-11(9)13)12-15-14-8-16(12)5-6-17-2/h3-4,7-8H,5-6H2,1-2H3. The van der Waals surface area contributed by atoms with Gasteiger partial charge in [-0.05, 0) is 18.6 Å². The topological polar surface area (TPSA) is 39.9 Å². The van der Waals surface area contributed by atoms with Crippen molar-refractivity contribution in [3.8, 4) is 11.4 Å². The lowest BCUT2D eigenvalue weighted by Crippen LogP contribution is -2.04. The van der Waals surface area contributed by atoms with Crippen LogP contribution in [0.1, 0.15) is 5.56 Å². The number of hydrogen-bond acceptors (Lipinski definition) is 3. The van der Waals surface area contributed by atoms with Gasteiger partial charge in [-0.25, -0.2) is 0 Å². The molecule has 2 aromatic rings. The SMILES string of the molecule is COCCn1cnnc1-c1ccc(C)c(Br)c1. The molecule has 1 heterocycles. The maximum atomic E-state index is 5.06. The van der Waals surface area contributed by atoms with Crippen molar-refractivity contribution in [3.05, 3.63) is 34.6 Å². The number of ether oxygens (including phenoxy) is 1. The molecule has 0 bridgehead atoms. The number of rotatable bonds is 4. The summed E-state index contributed by atoms with van der Waals surface area (Å²) in [7, 11) is 1.69. The Balaban J connectivity index is 2.32. The fourth-order valence-electron chi connectivity index (χ4n) is 1.56. The van der Waals surface area contributed by atoms with Gasteiger partial charge in [-0.3, -0.25) is 0 Å². The van der Waals surface area contributed by atoms with Crippen molar-refractivity contribution in [3.63, 3.8) is 0 Å². The van der Waals surface area contributed by atoms with Gasteiger partial charge in [0, 0.05) is 23.7 Å². The molecule has 2 rings (SSSR count). The van der Waals surface area contributed by atoms with Gasteiger partial charge in [0.25, 0.3) is 0 Å². The van der Waals surface area contributed by atoms with Gasteiger partial charge in [-0.1, -0.05) is 28.1 Å². The summed E-state index contributed by atoms with van der Waals surface area (Å²) in [6.07, 6.45) is 1.72. The van der Waals surface area contributed by atoms with E-state index in [1.807, 2.05) is 10.6 Å². The Morgan fingerprint density at radius 3 is 2.94 bits per heavy atom. The minimum absolute atomic E-state index is 0.651. The predicted octanol–water partition coefficient (Wildman–Crippen LogP) is 2.66. The van der Waals surface area contributed by atoms with Gasteiger partial charge in [0.15, 0.2) is 5.82 Å². The third-order valence-electron chi connectivity index (χ3n) is 2.58. The Labute approximate surface area is 109 Å². The maximum absolute atomic E-state index is 5.06. The van der Waals surface area contributed by atoms with Crippen molar-refractivity contribution in [2.45, 2.75) is 13.5 Å². The van der Waals surface area contributed by atoms with Gasteiger partial charge < -0.3 is 9.30 Å². The molecule has 1 aromatic carbocycles. The summed E-state index contributed by atoms with van der Waals surface area (Å²) in [6.45, 7) is 3.46. The van der Waals surface area contributed by atoms with Gasteiger partial charge in [-0.15, -0.1) is 10.2 Å². The molecule has 17 heavy (non-hydrogen) atoms. The van der Waals surface area contributed by atoms with Crippen LogP contribution in [0.2, 0.25) is 0 Å². The van der Waals surface area contributed by atoms with Crippen LogP contribution in [0.3, 0.4) is 0 Å². The number of halogens is 1. The van der Waals surface area contributed by atoms with Gasteiger partial charge in [0.2, 0.25) is 0 Å². The molecule has 0 saturated heterocycles. The third-order valence-corrected chi connectivity index (χ3v) is 3.44. The van der Waals surface area contributed by atoms with Crippen LogP contribution < -0.4 is 0 Å². The highest BCUT2D eigenvalue weighted by Crippen LogP contribution is 2.24. The molecular weight excluding hydrogens is 282 g/mol. The summed E-state index contributed by atoms with van der Waals surface area (Å²) in [5.41, 5.74) is 2.26. The van der Waals surface area contributed by atoms with Crippen molar-refractivity contribution >= 4 is 15.9 Å². The van der Waals surface area contributed by atoms with E-state index in [-0.39, 0.29) is 0 Å². The second-order valence-corrected chi connectivity index (χ2v) is 4.66. The second kappa shape index (κ2) is 5.42. The van der Waals surface area contributed by atoms with Gasteiger partial charge in [0.1, 0.15) is 6.33 Å². The molecule has 0 radical (unpaired) electrons. The summed E-state index contributed by atoms with van der Waals surface area (Å²) in [6, 6.07) is 6.17. The molecule has 0 N–H and O–H groups in total. The molecule has 0 aliphatic carbocycles. The largest absolute Gasteiger partial charge is 0.383 e. The molecule has 0 fully saturated rings. The quantitative estimate of drug-likeness (QED) is 0.871. The van der Waals surface area contributed by atoms with Crippen molar-refractivity contribution < 1.29 is 4.74 Å². The highest BCUT2D eigenvalue weighted by molar-refractivity contribution is 9.10. The lowest BCUT2D eigenvalue weighted by molar-refractivity contribution is 0.187. The molecular formula is C12H14BrN3O. The highest BCUT2D eigenvalue weighted by Gasteiger charge is 2.08. The van der Waals surface area contributed by atoms with Crippen molar-refractivity contribution in [2.24, 2.45) is 0 Å². The molecule has 0 spiro atoms. The molecule has 90 valence electrons. The lowest BCUT2D eigenvalue weighted by atomic mass is 10.1. The zero-order valence-electron chi connectivity index (χ0n) is 9.85. The number of nitrogens with zero attached hydrogens (tertiary/aromatic N) is 3. The van der Waals surface area contributed by atoms with Crippen LogP contribution in [-0.4, -0.2) is 28.5 Å². The lowest BCUT2D eigenvalue weighted by Gasteiger charge is -2.07. The van der Waals surface area contributed by atoms with E-state index >= 15 is 0 Å². The first-order chi connectivity index (χ1) is 8.22. The third kappa shape index (κ3) is 2.73. The van der Waals surface area contributed by atoms with Crippen molar-refractivity contribution in [1.29, 1.82) is 0 Å². The minimum Gasteiger partial charge on any atom is -0.383 e. The minimum atomic E-state index is 0.651. The van der Waals surface area contributed by atoms with Crippen LogP contribution in [0.4, 0.5) is 0 Å². The molecule has 5 heteroatoms. The Morgan fingerprint density at radius 1 is 1.41 bits per heavy atom. The monoisotopic (exact) mass is 295 g/mol. The van der Waals surface area contributed by atoms with Gasteiger partial charge in [-0.2, -0.15) is 0 Å². The van der Waals surface area contributed by atoms with E-state index in [0.29, 0.717) is 6.61 Å². The van der Waals surface area contributed by atoms with Crippen LogP contribution in [0.5, 0.6) is 0 Å². The van der Waals surface area contributed by atoms with E-state index in [9.17, 15) is 0 Å². The van der Waals surface area contributed by atoms with E-state index in [1.165, 1.54) is 5.56 Å². The van der Waals surface area contributed by atoms with E-state index in [4.69, 9.17) is 4.74 Å². The molecule has 4 nitrogen and oxygen atoms in total. The Morgan fingerprint density at radius 2 is 2.24 bits per heavy atom. The molecule has 0 aliphatic heterocycles. The number of aryl methyl sites for hydroxylation is 1. The van der Waals surface area contributed by atoms with Crippen LogP contribution in [-0.2, 0) is 11.3 Å². The summed E-state index contributed by atoms with van der Waals surface area (Å²) >= 11 is 3.53. The average Bonchev–Trinajstić information content (AvgIpc) is 2.78. The molecule has 1 aromatic heterocycles. The fourth-order valence-corrected chi connectivity index (χ4v) is 1.94. The second-order valence-electron chi connectivity index (χ2n) is 3.80. The van der Waals surface area contributed by atoms with E-state index < -0.39 is 0 Å². The first kappa shape index (κ1) is 12.3. The normalized spacial score (nSPS) is 10.8. The number of benzene rings is 1. The smallest absolute Gasteiger partial charge is 0.163 e. The van der Waals surface area contributed by atoms with Crippen LogP contribution in [0.15, 0.2) is 29.0 Å². The van der Waals surface area contributed by atoms with Crippen molar-refractivity contribution in [2.75, 3.05) is 13.7 Å². The first-order valence-corrected chi connectivity index (χ1v) is 6.15. The Bertz CT molecular complexity index is 510. The summed E-state index contributed by atoms with van der Waals surface area (Å²) in [5.74, 6) is 0.864. The van der Waals surface area contributed by atoms with Crippen molar-refractivity contribution in [1.82, 2.24) is 14.8 Å². The molecule has 0 aliphatic rings. The molecule has 0 atom stereocenters. The summed E-state index contributed by atoms with van der Waals surface area (Å²) < 4.78 is 8.13. The number of methoxy groups -OCH3 is 1. The Hall–Kier alpha value is -1.20. The van der Waals surface area contributed by atoms with Gasteiger partial charge in [0.05, 0.1) is 6.61 Å². The van der Waals surface area contributed by atoms with E-state index in [0.717, 1.165) is 22.4 Å². The Kier molecular flexibility index (Phi) is 3.91. The number of hydrogen-bond donors (Lipinski definition) is 0. The first-order valence-electron chi connectivity index (χ1n) is 5.35. The number of aromatic nitrogens is 3. The maximum Gasteiger partial charge on any atom is 0.163 e. The molecule has 0 saturated carbocycles. The molecule has 0 unspecified atom stereocenters. The van der Waals surface area contributed by atoms with Crippen LogP contribution >= 0.6 is 15.9 Å². The van der Waals surface area contributed by atoms with Gasteiger partial charge >= 0.3 is 0 Å². The average molecular weight is 296 g/mol.